The number of rotatable bonds is 10. The molecule has 0 amide bonds. The third-order valence-corrected chi connectivity index (χ3v) is 4.04. The van der Waals surface area contributed by atoms with Crippen molar-refractivity contribution in [2.45, 2.75) is 52.7 Å². The minimum absolute atomic E-state index is 0.901. The summed E-state index contributed by atoms with van der Waals surface area (Å²) in [5, 5.41) is 3.40. The molecule has 1 aliphatic rings. The normalized spacial score (nSPS) is 14.6. The zero-order valence-corrected chi connectivity index (χ0v) is 13.7. The van der Waals surface area contributed by atoms with Crippen molar-refractivity contribution >= 4 is 0 Å². The van der Waals surface area contributed by atoms with Gasteiger partial charge in [0.15, 0.2) is 0 Å². The second-order valence-corrected chi connectivity index (χ2v) is 5.91. The lowest BCUT2D eigenvalue weighted by Gasteiger charge is -2.14. The highest BCUT2D eigenvalue weighted by atomic mass is 16.5. The van der Waals surface area contributed by atoms with Crippen LogP contribution in [0.25, 0.3) is 0 Å². The van der Waals surface area contributed by atoms with Crippen molar-refractivity contribution in [2.24, 2.45) is 0 Å². The smallest absolute Gasteiger partial charge is 0.0478 e. The van der Waals surface area contributed by atoms with Crippen LogP contribution in [0.15, 0.2) is 18.2 Å². The predicted octanol–water partition coefficient (Wildman–Crippen LogP) is 3.32. The maximum Gasteiger partial charge on any atom is 0.0478 e. The molecule has 1 aromatic carbocycles. The lowest BCUT2D eigenvalue weighted by atomic mass is 10.1. The van der Waals surface area contributed by atoms with Gasteiger partial charge in [0, 0.05) is 39.4 Å². The van der Waals surface area contributed by atoms with E-state index in [1.165, 1.54) is 29.5 Å². The zero-order chi connectivity index (χ0) is 14.9. The standard InChI is InChI=1S/C18H30N2O/c1-3-5-10-21-11-6-9-20-14-17-8-7-16(13-19-4-2)12-18(17)15-20/h7-8,12,19H,3-6,9-11,13-15H2,1-2H3. The van der Waals surface area contributed by atoms with Crippen LogP contribution in [-0.2, 0) is 24.4 Å². The van der Waals surface area contributed by atoms with Gasteiger partial charge in [-0.2, -0.15) is 0 Å². The molecule has 1 N–H and O–H groups in total. The lowest BCUT2D eigenvalue weighted by molar-refractivity contribution is 0.118. The summed E-state index contributed by atoms with van der Waals surface area (Å²) in [4.78, 5) is 2.53. The molecule has 3 heteroatoms. The van der Waals surface area contributed by atoms with E-state index in [9.17, 15) is 0 Å². The van der Waals surface area contributed by atoms with Crippen molar-refractivity contribution in [3.63, 3.8) is 0 Å². The first-order chi connectivity index (χ1) is 10.3. The van der Waals surface area contributed by atoms with Gasteiger partial charge in [-0.05, 0) is 36.1 Å². The van der Waals surface area contributed by atoms with Gasteiger partial charge >= 0.3 is 0 Å². The van der Waals surface area contributed by atoms with Crippen LogP contribution >= 0.6 is 0 Å². The fraction of sp³-hybridized carbons (Fsp3) is 0.667. The molecule has 1 aliphatic heterocycles. The highest BCUT2D eigenvalue weighted by Crippen LogP contribution is 2.23. The molecule has 21 heavy (non-hydrogen) atoms. The second kappa shape index (κ2) is 9.19. The molecule has 118 valence electrons. The van der Waals surface area contributed by atoms with E-state index < -0.39 is 0 Å². The number of nitrogens with one attached hydrogen (secondary N) is 1. The second-order valence-electron chi connectivity index (χ2n) is 5.91. The Hall–Kier alpha value is -0.900. The maximum atomic E-state index is 5.64. The van der Waals surface area contributed by atoms with Gasteiger partial charge in [0.2, 0.25) is 0 Å². The Morgan fingerprint density at radius 2 is 1.90 bits per heavy atom. The Labute approximate surface area is 129 Å². The molecule has 0 atom stereocenters. The van der Waals surface area contributed by atoms with E-state index in [0.29, 0.717) is 0 Å². The Morgan fingerprint density at radius 1 is 1.10 bits per heavy atom. The summed E-state index contributed by atoms with van der Waals surface area (Å²) in [5.74, 6) is 0. The fourth-order valence-electron chi connectivity index (χ4n) is 2.79. The Bertz CT molecular complexity index is 420. The van der Waals surface area contributed by atoms with Crippen LogP contribution in [0.2, 0.25) is 0 Å². The number of hydrogen-bond acceptors (Lipinski definition) is 3. The van der Waals surface area contributed by atoms with Gasteiger partial charge in [0.25, 0.3) is 0 Å². The highest BCUT2D eigenvalue weighted by Gasteiger charge is 2.18. The van der Waals surface area contributed by atoms with Crippen LogP contribution in [0.3, 0.4) is 0 Å². The fourth-order valence-corrected chi connectivity index (χ4v) is 2.79. The van der Waals surface area contributed by atoms with E-state index in [1.54, 1.807) is 0 Å². The predicted molar refractivity (Wildman–Crippen MR) is 88.3 cm³/mol. The number of hydrogen-bond donors (Lipinski definition) is 1. The number of benzene rings is 1. The quantitative estimate of drug-likeness (QED) is 0.669. The van der Waals surface area contributed by atoms with Crippen molar-refractivity contribution in [3.8, 4) is 0 Å². The van der Waals surface area contributed by atoms with Crippen molar-refractivity contribution < 1.29 is 4.74 Å². The maximum absolute atomic E-state index is 5.64. The minimum Gasteiger partial charge on any atom is -0.381 e. The van der Waals surface area contributed by atoms with E-state index in [-0.39, 0.29) is 0 Å². The van der Waals surface area contributed by atoms with Gasteiger partial charge in [0.05, 0.1) is 0 Å². The van der Waals surface area contributed by atoms with Gasteiger partial charge < -0.3 is 10.1 Å². The number of fused-ring (bicyclic) bond motifs is 1. The third-order valence-electron chi connectivity index (χ3n) is 4.04. The SMILES string of the molecule is CCCCOCCCN1Cc2ccc(CNCC)cc2C1. The van der Waals surface area contributed by atoms with Crippen LogP contribution < -0.4 is 5.32 Å². The topological polar surface area (TPSA) is 24.5 Å². The van der Waals surface area contributed by atoms with E-state index in [0.717, 1.165) is 52.4 Å². The van der Waals surface area contributed by atoms with Crippen molar-refractivity contribution in [1.82, 2.24) is 10.2 Å². The molecule has 0 aliphatic carbocycles. The van der Waals surface area contributed by atoms with Gasteiger partial charge in [-0.1, -0.05) is 38.5 Å². The molecule has 0 radical (unpaired) electrons. The third kappa shape index (κ3) is 5.42. The van der Waals surface area contributed by atoms with Crippen molar-refractivity contribution in [1.29, 1.82) is 0 Å². The van der Waals surface area contributed by atoms with Crippen LogP contribution in [0, 0.1) is 0 Å². The summed E-state index contributed by atoms with van der Waals surface area (Å²) >= 11 is 0. The number of nitrogens with zero attached hydrogens (tertiary/aromatic N) is 1. The average molecular weight is 290 g/mol. The number of unbranched alkanes of at least 4 members (excludes halogenated alkanes) is 1. The molecular weight excluding hydrogens is 260 g/mol. The number of ether oxygens (including phenoxy) is 1. The molecule has 0 bridgehead atoms. The van der Waals surface area contributed by atoms with E-state index >= 15 is 0 Å². The van der Waals surface area contributed by atoms with E-state index in [4.69, 9.17) is 4.74 Å². The van der Waals surface area contributed by atoms with Gasteiger partial charge in [-0.25, -0.2) is 0 Å². The van der Waals surface area contributed by atoms with Crippen molar-refractivity contribution in [3.05, 3.63) is 34.9 Å². The lowest BCUT2D eigenvalue weighted by Crippen LogP contribution is -2.19. The monoisotopic (exact) mass is 290 g/mol. The summed E-state index contributed by atoms with van der Waals surface area (Å²) in [6, 6.07) is 6.94. The summed E-state index contributed by atoms with van der Waals surface area (Å²) in [7, 11) is 0. The van der Waals surface area contributed by atoms with Gasteiger partial charge in [-0.15, -0.1) is 0 Å². The van der Waals surface area contributed by atoms with Crippen molar-refractivity contribution in [2.75, 3.05) is 26.3 Å². The molecule has 1 heterocycles. The molecule has 0 saturated carbocycles. The Morgan fingerprint density at radius 3 is 2.71 bits per heavy atom. The summed E-state index contributed by atoms with van der Waals surface area (Å²) in [5.41, 5.74) is 4.42. The first-order valence-corrected chi connectivity index (χ1v) is 8.45. The highest BCUT2D eigenvalue weighted by molar-refractivity contribution is 5.34. The minimum atomic E-state index is 0.901. The average Bonchev–Trinajstić information content (AvgIpc) is 2.90. The first-order valence-electron chi connectivity index (χ1n) is 8.45. The molecule has 0 saturated heterocycles. The van der Waals surface area contributed by atoms with Crippen LogP contribution in [0.5, 0.6) is 0 Å². The van der Waals surface area contributed by atoms with Crippen LogP contribution in [0.4, 0.5) is 0 Å². The van der Waals surface area contributed by atoms with Crippen LogP contribution in [0.1, 0.15) is 49.8 Å². The van der Waals surface area contributed by atoms with Crippen LogP contribution in [-0.4, -0.2) is 31.2 Å². The first kappa shape index (κ1) is 16.5. The zero-order valence-electron chi connectivity index (χ0n) is 13.7. The molecule has 1 aromatic rings. The molecule has 0 unspecified atom stereocenters. The molecule has 0 aromatic heterocycles. The summed E-state index contributed by atoms with van der Waals surface area (Å²) < 4.78 is 5.64. The van der Waals surface area contributed by atoms with Gasteiger partial charge in [-0.3, -0.25) is 4.90 Å². The summed E-state index contributed by atoms with van der Waals surface area (Å²) in [6.07, 6.45) is 3.54. The molecule has 3 nitrogen and oxygen atoms in total. The molecule has 0 fully saturated rings. The molecule has 0 spiro atoms. The summed E-state index contributed by atoms with van der Waals surface area (Å²) in [6.45, 7) is 11.5. The Kier molecular flexibility index (Phi) is 7.20. The van der Waals surface area contributed by atoms with Gasteiger partial charge in [0.1, 0.15) is 0 Å². The molecule has 2 rings (SSSR count). The molecular formula is C18H30N2O. The van der Waals surface area contributed by atoms with E-state index in [2.05, 4.69) is 42.3 Å². The largest absolute Gasteiger partial charge is 0.381 e. The van der Waals surface area contributed by atoms with E-state index in [1.807, 2.05) is 0 Å². The Balaban J connectivity index is 1.70.